The van der Waals surface area contributed by atoms with Crippen LogP contribution in [0, 0.1) is 0 Å². The van der Waals surface area contributed by atoms with Crippen LogP contribution in [0.4, 0.5) is 5.69 Å². The molecular weight excluding hydrogens is 232 g/mol. The Bertz CT molecular complexity index is 473. The number of carbonyl (C=O) groups is 2. The van der Waals surface area contributed by atoms with Crippen LogP contribution in [-0.2, 0) is 9.59 Å². The summed E-state index contributed by atoms with van der Waals surface area (Å²) in [7, 11) is 1.60. The lowest BCUT2D eigenvalue weighted by Gasteiger charge is -2.18. The van der Waals surface area contributed by atoms with Crippen molar-refractivity contribution in [1.82, 2.24) is 5.32 Å². The van der Waals surface area contributed by atoms with Crippen LogP contribution >= 0.6 is 0 Å². The fraction of sp³-hybridized carbons (Fsp3) is 0.385. The summed E-state index contributed by atoms with van der Waals surface area (Å²) in [5, 5.41) is 11.5. The molecule has 0 bridgehead atoms. The van der Waals surface area contributed by atoms with Gasteiger partial charge in [0, 0.05) is 25.2 Å². The Morgan fingerprint density at radius 1 is 1.44 bits per heavy atom. The highest BCUT2D eigenvalue weighted by molar-refractivity contribution is 5.82. The second-order valence-electron chi connectivity index (χ2n) is 4.41. The van der Waals surface area contributed by atoms with E-state index in [9.17, 15) is 9.59 Å². The molecule has 1 aromatic carbocycles. The average molecular weight is 248 g/mol. The lowest BCUT2D eigenvalue weighted by Crippen LogP contribution is -2.35. The van der Waals surface area contributed by atoms with E-state index in [1.165, 1.54) is 0 Å². The number of fused-ring (bicyclic) bond motifs is 1. The summed E-state index contributed by atoms with van der Waals surface area (Å²) in [6, 6.07) is 7.67. The molecule has 5 heteroatoms. The number of carboxylic acids is 1. The van der Waals surface area contributed by atoms with Crippen LogP contribution < -0.4 is 10.2 Å². The molecule has 0 aromatic heterocycles. The van der Waals surface area contributed by atoms with Crippen LogP contribution in [0.5, 0.6) is 0 Å². The number of likely N-dealkylation sites (N-methyl/N-ethyl adjacent to an activating group) is 1. The largest absolute Gasteiger partial charge is 0.481 e. The molecule has 1 aliphatic rings. The van der Waals surface area contributed by atoms with Crippen LogP contribution in [0.1, 0.15) is 17.9 Å². The van der Waals surface area contributed by atoms with Crippen LogP contribution in [0.2, 0.25) is 0 Å². The molecule has 18 heavy (non-hydrogen) atoms. The van der Waals surface area contributed by atoms with Crippen molar-refractivity contribution in [2.75, 3.05) is 25.0 Å². The molecule has 0 spiro atoms. The first-order chi connectivity index (χ1) is 8.61. The normalized spacial score (nSPS) is 17.4. The van der Waals surface area contributed by atoms with Gasteiger partial charge in [0.1, 0.15) is 0 Å². The molecule has 1 atom stereocenters. The fourth-order valence-corrected chi connectivity index (χ4v) is 2.37. The van der Waals surface area contributed by atoms with E-state index in [2.05, 4.69) is 5.32 Å². The summed E-state index contributed by atoms with van der Waals surface area (Å²) in [6.07, 6.45) is 0.0985. The average Bonchev–Trinajstić information content (AvgIpc) is 2.67. The Balaban J connectivity index is 2.21. The van der Waals surface area contributed by atoms with Crippen LogP contribution in [0.3, 0.4) is 0 Å². The molecule has 1 amide bonds. The van der Waals surface area contributed by atoms with E-state index in [0.29, 0.717) is 6.54 Å². The number of aliphatic carboxylic acids is 1. The number of benzene rings is 1. The van der Waals surface area contributed by atoms with Gasteiger partial charge in [-0.1, -0.05) is 18.2 Å². The van der Waals surface area contributed by atoms with Gasteiger partial charge in [-0.3, -0.25) is 9.59 Å². The van der Waals surface area contributed by atoms with E-state index in [0.717, 1.165) is 11.3 Å². The van der Waals surface area contributed by atoms with Gasteiger partial charge in [0.15, 0.2) is 0 Å². The molecule has 0 saturated heterocycles. The standard InChI is InChI=1S/C13H16N2O3/c1-14-12(16)8-15-7-9(6-13(17)18)10-4-2-3-5-11(10)15/h2-5,9H,6-8H2,1H3,(H,14,16)(H,17,18). The molecule has 0 radical (unpaired) electrons. The predicted molar refractivity (Wildman–Crippen MR) is 67.7 cm³/mol. The first kappa shape index (κ1) is 12.4. The van der Waals surface area contributed by atoms with Crippen molar-refractivity contribution in [2.45, 2.75) is 12.3 Å². The third-order valence-electron chi connectivity index (χ3n) is 3.19. The maximum atomic E-state index is 11.4. The van der Waals surface area contributed by atoms with Gasteiger partial charge in [0.2, 0.25) is 5.91 Å². The van der Waals surface area contributed by atoms with Gasteiger partial charge in [-0.2, -0.15) is 0 Å². The Morgan fingerprint density at radius 2 is 2.17 bits per heavy atom. The summed E-state index contributed by atoms with van der Waals surface area (Å²) >= 11 is 0. The summed E-state index contributed by atoms with van der Waals surface area (Å²) in [6.45, 7) is 0.850. The van der Waals surface area contributed by atoms with Crippen molar-refractivity contribution in [3.63, 3.8) is 0 Å². The van der Waals surface area contributed by atoms with E-state index in [1.807, 2.05) is 29.2 Å². The number of anilines is 1. The van der Waals surface area contributed by atoms with Gasteiger partial charge < -0.3 is 15.3 Å². The van der Waals surface area contributed by atoms with Gasteiger partial charge in [-0.05, 0) is 11.6 Å². The molecule has 0 fully saturated rings. The highest BCUT2D eigenvalue weighted by atomic mass is 16.4. The van der Waals surface area contributed by atoms with Crippen LogP contribution in [-0.4, -0.2) is 37.1 Å². The molecular formula is C13H16N2O3. The number of para-hydroxylation sites is 1. The first-order valence-corrected chi connectivity index (χ1v) is 5.88. The minimum Gasteiger partial charge on any atom is -0.481 e. The summed E-state index contributed by atoms with van der Waals surface area (Å²) < 4.78 is 0. The number of hydrogen-bond acceptors (Lipinski definition) is 3. The van der Waals surface area contributed by atoms with Crippen molar-refractivity contribution in [3.05, 3.63) is 29.8 Å². The van der Waals surface area contributed by atoms with Gasteiger partial charge in [0.05, 0.1) is 13.0 Å². The van der Waals surface area contributed by atoms with Crippen molar-refractivity contribution in [1.29, 1.82) is 0 Å². The molecule has 1 aliphatic heterocycles. The molecule has 1 unspecified atom stereocenters. The quantitative estimate of drug-likeness (QED) is 0.827. The smallest absolute Gasteiger partial charge is 0.304 e. The van der Waals surface area contributed by atoms with Crippen molar-refractivity contribution in [2.24, 2.45) is 0 Å². The Labute approximate surface area is 105 Å². The second-order valence-corrected chi connectivity index (χ2v) is 4.41. The van der Waals surface area contributed by atoms with Crippen LogP contribution in [0.25, 0.3) is 0 Å². The lowest BCUT2D eigenvalue weighted by atomic mass is 9.98. The predicted octanol–water partition coefficient (Wildman–Crippen LogP) is 0.811. The zero-order valence-corrected chi connectivity index (χ0v) is 10.2. The molecule has 1 heterocycles. The second kappa shape index (κ2) is 5.08. The monoisotopic (exact) mass is 248 g/mol. The first-order valence-electron chi connectivity index (χ1n) is 5.88. The minimum atomic E-state index is -0.809. The van der Waals surface area contributed by atoms with Gasteiger partial charge in [-0.25, -0.2) is 0 Å². The number of nitrogens with one attached hydrogen (secondary N) is 1. The van der Waals surface area contributed by atoms with E-state index < -0.39 is 5.97 Å². The molecule has 0 saturated carbocycles. The van der Waals surface area contributed by atoms with E-state index in [-0.39, 0.29) is 24.8 Å². The third kappa shape index (κ3) is 2.45. The Morgan fingerprint density at radius 3 is 2.83 bits per heavy atom. The van der Waals surface area contributed by atoms with E-state index >= 15 is 0 Å². The van der Waals surface area contributed by atoms with Crippen molar-refractivity contribution < 1.29 is 14.7 Å². The Hall–Kier alpha value is -2.04. The zero-order valence-electron chi connectivity index (χ0n) is 10.2. The number of rotatable bonds is 4. The molecule has 5 nitrogen and oxygen atoms in total. The number of carboxylic acid groups (broad SMARTS) is 1. The zero-order chi connectivity index (χ0) is 13.1. The fourth-order valence-electron chi connectivity index (χ4n) is 2.37. The van der Waals surface area contributed by atoms with Crippen LogP contribution in [0.15, 0.2) is 24.3 Å². The maximum absolute atomic E-state index is 11.4. The molecule has 0 aliphatic carbocycles. The SMILES string of the molecule is CNC(=O)CN1CC(CC(=O)O)c2ccccc21. The summed E-state index contributed by atoms with van der Waals surface area (Å²) in [5.74, 6) is -0.916. The van der Waals surface area contributed by atoms with E-state index in [4.69, 9.17) is 5.11 Å². The highest BCUT2D eigenvalue weighted by Crippen LogP contribution is 2.37. The Kier molecular flexibility index (Phi) is 3.50. The highest BCUT2D eigenvalue weighted by Gasteiger charge is 2.30. The minimum absolute atomic E-state index is 0.0386. The lowest BCUT2D eigenvalue weighted by molar-refractivity contribution is -0.137. The van der Waals surface area contributed by atoms with Gasteiger partial charge in [-0.15, -0.1) is 0 Å². The number of carbonyl (C=O) groups excluding carboxylic acids is 1. The van der Waals surface area contributed by atoms with Crippen molar-refractivity contribution in [3.8, 4) is 0 Å². The summed E-state index contributed by atoms with van der Waals surface area (Å²) in [4.78, 5) is 24.2. The molecule has 2 N–H and O–H groups in total. The number of nitrogens with zero attached hydrogens (tertiary/aromatic N) is 1. The molecule has 1 aromatic rings. The summed E-state index contributed by atoms with van der Waals surface area (Å²) in [5.41, 5.74) is 1.98. The topological polar surface area (TPSA) is 69.6 Å². The van der Waals surface area contributed by atoms with Gasteiger partial charge >= 0.3 is 5.97 Å². The maximum Gasteiger partial charge on any atom is 0.304 e. The number of hydrogen-bond donors (Lipinski definition) is 2. The third-order valence-corrected chi connectivity index (χ3v) is 3.19. The number of amides is 1. The molecule has 96 valence electrons. The van der Waals surface area contributed by atoms with Gasteiger partial charge in [0.25, 0.3) is 0 Å². The van der Waals surface area contributed by atoms with Crippen molar-refractivity contribution >= 4 is 17.6 Å². The van der Waals surface area contributed by atoms with E-state index in [1.54, 1.807) is 7.05 Å². The molecule has 2 rings (SSSR count).